The molecule has 0 aliphatic carbocycles. The number of hydrogen-bond donors (Lipinski definition) is 2. The SMILES string of the molecule is CN1CCCC(C(=O)N2CCN(c3ccccc3C=CC(=O)NO)CC2)C1. The summed E-state index contributed by atoms with van der Waals surface area (Å²) in [5.74, 6) is -0.144. The average molecular weight is 372 g/mol. The number of rotatable bonds is 4. The van der Waals surface area contributed by atoms with Crippen LogP contribution in [0.2, 0.25) is 0 Å². The summed E-state index contributed by atoms with van der Waals surface area (Å²) in [7, 11) is 2.08. The molecule has 146 valence electrons. The Labute approximate surface area is 160 Å². The molecule has 2 fully saturated rings. The first kappa shape index (κ1) is 19.4. The van der Waals surface area contributed by atoms with Gasteiger partial charge in [-0.3, -0.25) is 14.8 Å². The van der Waals surface area contributed by atoms with Gasteiger partial charge in [-0.1, -0.05) is 18.2 Å². The Kier molecular flexibility index (Phi) is 6.47. The largest absolute Gasteiger partial charge is 0.367 e. The normalized spacial score (nSPS) is 21.5. The Morgan fingerprint density at radius 2 is 1.89 bits per heavy atom. The van der Waals surface area contributed by atoms with E-state index in [1.54, 1.807) is 11.6 Å². The van der Waals surface area contributed by atoms with Gasteiger partial charge in [0.2, 0.25) is 5.91 Å². The van der Waals surface area contributed by atoms with E-state index in [1.165, 1.54) is 6.08 Å². The molecule has 7 nitrogen and oxygen atoms in total. The molecule has 2 heterocycles. The van der Waals surface area contributed by atoms with Crippen molar-refractivity contribution in [1.29, 1.82) is 0 Å². The number of nitrogens with one attached hydrogen (secondary N) is 1. The van der Waals surface area contributed by atoms with E-state index in [1.807, 2.05) is 29.2 Å². The first-order valence-electron chi connectivity index (χ1n) is 9.52. The molecule has 1 atom stereocenters. The van der Waals surface area contributed by atoms with Crippen LogP contribution in [0.4, 0.5) is 5.69 Å². The molecule has 1 aromatic carbocycles. The first-order valence-corrected chi connectivity index (χ1v) is 9.52. The number of hydrogen-bond acceptors (Lipinski definition) is 5. The fourth-order valence-corrected chi connectivity index (χ4v) is 3.91. The van der Waals surface area contributed by atoms with E-state index < -0.39 is 5.91 Å². The van der Waals surface area contributed by atoms with Crippen LogP contribution in [0, 0.1) is 5.92 Å². The average Bonchev–Trinajstić information content (AvgIpc) is 2.72. The van der Waals surface area contributed by atoms with E-state index in [2.05, 4.69) is 16.8 Å². The van der Waals surface area contributed by atoms with Gasteiger partial charge in [0.25, 0.3) is 5.91 Å². The predicted octanol–water partition coefficient (Wildman–Crippen LogP) is 1.20. The van der Waals surface area contributed by atoms with Crippen molar-refractivity contribution in [2.24, 2.45) is 5.92 Å². The van der Waals surface area contributed by atoms with Crippen molar-refractivity contribution >= 4 is 23.6 Å². The van der Waals surface area contributed by atoms with Crippen LogP contribution < -0.4 is 10.4 Å². The molecule has 2 aliphatic heterocycles. The zero-order valence-corrected chi connectivity index (χ0v) is 15.8. The minimum atomic E-state index is -0.558. The number of piperazine rings is 1. The summed E-state index contributed by atoms with van der Waals surface area (Å²) >= 11 is 0. The molecule has 27 heavy (non-hydrogen) atoms. The molecule has 0 aromatic heterocycles. The number of benzene rings is 1. The number of carbonyl (C=O) groups is 2. The summed E-state index contributed by atoms with van der Waals surface area (Å²) in [4.78, 5) is 30.6. The molecule has 2 saturated heterocycles. The van der Waals surface area contributed by atoms with Crippen molar-refractivity contribution in [1.82, 2.24) is 15.3 Å². The Bertz CT molecular complexity index is 698. The lowest BCUT2D eigenvalue weighted by molar-refractivity contribution is -0.137. The Hall–Kier alpha value is -2.38. The minimum Gasteiger partial charge on any atom is -0.367 e. The van der Waals surface area contributed by atoms with E-state index in [9.17, 15) is 9.59 Å². The molecule has 3 rings (SSSR count). The molecule has 7 heteroatoms. The van der Waals surface area contributed by atoms with Crippen LogP contribution in [0.15, 0.2) is 30.3 Å². The van der Waals surface area contributed by atoms with Gasteiger partial charge in [-0.25, -0.2) is 5.48 Å². The van der Waals surface area contributed by atoms with Crippen molar-refractivity contribution in [3.05, 3.63) is 35.9 Å². The van der Waals surface area contributed by atoms with Crippen molar-refractivity contribution in [2.45, 2.75) is 12.8 Å². The number of hydroxylamine groups is 1. The predicted molar refractivity (Wildman–Crippen MR) is 104 cm³/mol. The third-order valence-electron chi connectivity index (χ3n) is 5.37. The van der Waals surface area contributed by atoms with Crippen LogP contribution in [0.3, 0.4) is 0 Å². The quantitative estimate of drug-likeness (QED) is 0.472. The van der Waals surface area contributed by atoms with Crippen LogP contribution in [-0.2, 0) is 9.59 Å². The van der Waals surface area contributed by atoms with Crippen LogP contribution in [0.5, 0.6) is 0 Å². The van der Waals surface area contributed by atoms with Crippen molar-refractivity contribution in [2.75, 3.05) is 51.2 Å². The summed E-state index contributed by atoms with van der Waals surface area (Å²) in [5, 5.41) is 8.63. The van der Waals surface area contributed by atoms with Gasteiger partial charge in [0.1, 0.15) is 0 Å². The highest BCUT2D eigenvalue weighted by molar-refractivity contribution is 5.91. The Morgan fingerprint density at radius 3 is 2.59 bits per heavy atom. The standard InChI is InChI=1S/C20H28N4O3/c1-22-10-4-6-17(15-22)20(26)24-13-11-23(12-14-24)18-7-3-2-5-16(18)8-9-19(25)21-27/h2-3,5,7-9,17,27H,4,6,10-15H2,1H3,(H,21,25). The molecule has 2 aliphatic rings. The second-order valence-corrected chi connectivity index (χ2v) is 7.28. The number of piperidine rings is 1. The van der Waals surface area contributed by atoms with Gasteiger partial charge in [0, 0.05) is 44.5 Å². The summed E-state index contributed by atoms with van der Waals surface area (Å²) in [6, 6.07) is 7.84. The summed E-state index contributed by atoms with van der Waals surface area (Å²) in [5.41, 5.74) is 3.54. The first-order chi connectivity index (χ1) is 13.1. The number of likely N-dealkylation sites (tertiary alicyclic amines) is 1. The van der Waals surface area contributed by atoms with Crippen LogP contribution >= 0.6 is 0 Å². The number of amides is 2. The van der Waals surface area contributed by atoms with Crippen LogP contribution in [-0.4, -0.2) is 73.1 Å². The fraction of sp³-hybridized carbons (Fsp3) is 0.500. The maximum Gasteiger partial charge on any atom is 0.267 e. The maximum atomic E-state index is 12.8. The van der Waals surface area contributed by atoms with E-state index in [-0.39, 0.29) is 11.8 Å². The third-order valence-corrected chi connectivity index (χ3v) is 5.37. The lowest BCUT2D eigenvalue weighted by Crippen LogP contribution is -2.52. The van der Waals surface area contributed by atoms with Crippen molar-refractivity contribution in [3.8, 4) is 0 Å². The zero-order chi connectivity index (χ0) is 19.2. The van der Waals surface area contributed by atoms with Crippen molar-refractivity contribution in [3.63, 3.8) is 0 Å². The van der Waals surface area contributed by atoms with E-state index in [4.69, 9.17) is 5.21 Å². The molecule has 0 spiro atoms. The monoisotopic (exact) mass is 372 g/mol. The molecule has 0 radical (unpaired) electrons. The lowest BCUT2D eigenvalue weighted by atomic mass is 9.96. The maximum absolute atomic E-state index is 12.8. The van der Waals surface area contributed by atoms with Gasteiger partial charge < -0.3 is 14.7 Å². The Balaban J connectivity index is 1.62. The van der Waals surface area contributed by atoms with E-state index >= 15 is 0 Å². The lowest BCUT2D eigenvalue weighted by Gasteiger charge is -2.39. The van der Waals surface area contributed by atoms with Crippen LogP contribution in [0.1, 0.15) is 18.4 Å². The summed E-state index contributed by atoms with van der Waals surface area (Å²) in [6.07, 6.45) is 5.08. The molecule has 1 aromatic rings. The van der Waals surface area contributed by atoms with E-state index in [0.29, 0.717) is 13.1 Å². The molecular formula is C20H28N4O3. The van der Waals surface area contributed by atoms with Gasteiger partial charge in [-0.2, -0.15) is 0 Å². The summed E-state index contributed by atoms with van der Waals surface area (Å²) < 4.78 is 0. The van der Waals surface area contributed by atoms with E-state index in [0.717, 1.165) is 50.3 Å². The zero-order valence-electron chi connectivity index (χ0n) is 15.8. The topological polar surface area (TPSA) is 76.1 Å². The van der Waals surface area contributed by atoms with Gasteiger partial charge in [-0.15, -0.1) is 0 Å². The van der Waals surface area contributed by atoms with Gasteiger partial charge in [0.15, 0.2) is 0 Å². The highest BCUT2D eigenvalue weighted by atomic mass is 16.5. The van der Waals surface area contributed by atoms with Gasteiger partial charge in [0.05, 0.1) is 5.92 Å². The highest BCUT2D eigenvalue weighted by Crippen LogP contribution is 2.24. The third kappa shape index (κ3) is 4.87. The summed E-state index contributed by atoms with van der Waals surface area (Å²) in [6.45, 7) is 4.91. The smallest absolute Gasteiger partial charge is 0.267 e. The van der Waals surface area contributed by atoms with Gasteiger partial charge in [-0.05, 0) is 44.1 Å². The molecule has 2 N–H and O–H groups in total. The number of anilines is 1. The molecule has 1 unspecified atom stereocenters. The number of carbonyl (C=O) groups excluding carboxylic acids is 2. The number of para-hydroxylation sites is 1. The van der Waals surface area contributed by atoms with Crippen LogP contribution in [0.25, 0.3) is 6.08 Å². The second kappa shape index (κ2) is 9.01. The van der Waals surface area contributed by atoms with Gasteiger partial charge >= 0.3 is 0 Å². The van der Waals surface area contributed by atoms with Crippen molar-refractivity contribution < 1.29 is 14.8 Å². The molecule has 0 bridgehead atoms. The highest BCUT2D eigenvalue weighted by Gasteiger charge is 2.30. The molecule has 2 amide bonds. The molecule has 0 saturated carbocycles. The second-order valence-electron chi connectivity index (χ2n) is 7.28. The molecular weight excluding hydrogens is 344 g/mol. The number of nitrogens with zero attached hydrogens (tertiary/aromatic N) is 3. The Morgan fingerprint density at radius 1 is 1.15 bits per heavy atom. The minimum absolute atomic E-state index is 0.127. The fourth-order valence-electron chi connectivity index (χ4n) is 3.91.